The number of amides is 3. The second-order valence-electron chi connectivity index (χ2n) is 7.36. The van der Waals surface area contributed by atoms with E-state index in [9.17, 15) is 9.59 Å². The Bertz CT molecular complexity index is 829. The highest BCUT2D eigenvalue weighted by Gasteiger charge is 2.34. The van der Waals surface area contributed by atoms with Gasteiger partial charge in [-0.1, -0.05) is 6.07 Å². The first-order valence-electron chi connectivity index (χ1n) is 9.28. The molecule has 1 aliphatic rings. The molecule has 27 heavy (non-hydrogen) atoms. The van der Waals surface area contributed by atoms with Crippen molar-refractivity contribution in [1.82, 2.24) is 29.4 Å². The molecule has 1 saturated heterocycles. The van der Waals surface area contributed by atoms with Crippen molar-refractivity contribution in [3.8, 4) is 0 Å². The Balaban J connectivity index is 1.93. The summed E-state index contributed by atoms with van der Waals surface area (Å²) in [5, 5.41) is 2.93. The van der Waals surface area contributed by atoms with E-state index in [1.54, 1.807) is 19.0 Å². The second-order valence-corrected chi connectivity index (χ2v) is 7.36. The van der Waals surface area contributed by atoms with Crippen LogP contribution in [0.4, 0.5) is 4.79 Å². The third-order valence-corrected chi connectivity index (χ3v) is 4.81. The van der Waals surface area contributed by atoms with E-state index in [4.69, 9.17) is 0 Å². The molecule has 3 rings (SSSR count). The summed E-state index contributed by atoms with van der Waals surface area (Å²) >= 11 is 0. The maximum Gasteiger partial charge on any atom is 0.320 e. The van der Waals surface area contributed by atoms with E-state index < -0.39 is 0 Å². The third-order valence-electron chi connectivity index (χ3n) is 4.81. The van der Waals surface area contributed by atoms with Crippen LogP contribution in [0.3, 0.4) is 0 Å². The zero-order chi connectivity index (χ0) is 19.6. The van der Waals surface area contributed by atoms with Gasteiger partial charge in [-0.15, -0.1) is 0 Å². The van der Waals surface area contributed by atoms with Crippen LogP contribution in [0.15, 0.2) is 24.4 Å². The fourth-order valence-electron chi connectivity index (χ4n) is 3.46. The topological polar surface area (TPSA) is 73.2 Å². The number of rotatable bonds is 5. The van der Waals surface area contributed by atoms with Crippen LogP contribution in [0.1, 0.15) is 35.2 Å². The molecule has 1 unspecified atom stereocenters. The van der Waals surface area contributed by atoms with Crippen LogP contribution in [0.5, 0.6) is 0 Å². The fourth-order valence-corrected chi connectivity index (χ4v) is 3.46. The maximum atomic E-state index is 12.7. The number of imidazole rings is 1. The van der Waals surface area contributed by atoms with Gasteiger partial charge in [0.15, 0.2) is 5.69 Å². The molecule has 8 heteroatoms. The molecule has 0 aliphatic carbocycles. The molecule has 2 aromatic rings. The van der Waals surface area contributed by atoms with Crippen LogP contribution in [0.2, 0.25) is 0 Å². The van der Waals surface area contributed by atoms with E-state index in [-0.39, 0.29) is 18.0 Å². The van der Waals surface area contributed by atoms with Gasteiger partial charge in [-0.25, -0.2) is 9.78 Å². The molecule has 3 heterocycles. The summed E-state index contributed by atoms with van der Waals surface area (Å²) in [7, 11) is 7.44. The smallest absolute Gasteiger partial charge is 0.320 e. The number of hydrogen-bond donors (Lipinski definition) is 1. The molecule has 3 amide bonds. The van der Waals surface area contributed by atoms with Crippen molar-refractivity contribution in [3.05, 3.63) is 35.9 Å². The Labute approximate surface area is 159 Å². The molecule has 0 bridgehead atoms. The van der Waals surface area contributed by atoms with Crippen molar-refractivity contribution in [3.63, 3.8) is 0 Å². The first-order chi connectivity index (χ1) is 12.9. The van der Waals surface area contributed by atoms with E-state index in [0.29, 0.717) is 18.8 Å². The number of aromatic nitrogens is 2. The molecule has 0 saturated carbocycles. The maximum absolute atomic E-state index is 12.7. The lowest BCUT2D eigenvalue weighted by Crippen LogP contribution is -2.39. The molecule has 1 aliphatic heterocycles. The molecular weight excluding hydrogens is 344 g/mol. The van der Waals surface area contributed by atoms with E-state index >= 15 is 0 Å². The molecule has 146 valence electrons. The Hall–Kier alpha value is -2.61. The predicted octanol–water partition coefficient (Wildman–Crippen LogP) is 1.44. The van der Waals surface area contributed by atoms with Crippen LogP contribution in [-0.4, -0.2) is 83.8 Å². The van der Waals surface area contributed by atoms with Gasteiger partial charge in [0, 0.05) is 39.9 Å². The van der Waals surface area contributed by atoms with Gasteiger partial charge in [-0.3, -0.25) is 4.79 Å². The summed E-state index contributed by atoms with van der Waals surface area (Å²) in [6.07, 6.45) is 3.68. The molecule has 8 nitrogen and oxygen atoms in total. The van der Waals surface area contributed by atoms with Gasteiger partial charge in [0.05, 0.1) is 11.6 Å². The molecule has 2 aromatic heterocycles. The monoisotopic (exact) mass is 372 g/mol. The second kappa shape index (κ2) is 7.96. The molecule has 0 aromatic carbocycles. The number of fused-ring (bicyclic) bond motifs is 1. The lowest BCUT2D eigenvalue weighted by molar-refractivity contribution is 0.0948. The first-order valence-corrected chi connectivity index (χ1v) is 9.28. The lowest BCUT2D eigenvalue weighted by atomic mass is 10.2. The van der Waals surface area contributed by atoms with Gasteiger partial charge in [0.25, 0.3) is 5.91 Å². The molecule has 0 spiro atoms. The first kappa shape index (κ1) is 19.2. The van der Waals surface area contributed by atoms with E-state index in [0.717, 1.165) is 30.7 Å². The number of hydrogen-bond acceptors (Lipinski definition) is 4. The summed E-state index contributed by atoms with van der Waals surface area (Å²) in [6, 6.07) is 5.55. The van der Waals surface area contributed by atoms with E-state index in [1.807, 2.05) is 52.7 Å². The van der Waals surface area contributed by atoms with Gasteiger partial charge >= 0.3 is 6.03 Å². The standard InChI is InChI=1S/C19H28N6O2/c1-22(2)13-10-20-18(26)16-14-8-5-6-11-24(14)17(21-16)15-9-7-12-25(15)19(27)23(3)4/h5-6,8,11,15H,7,9-10,12-13H2,1-4H3,(H,20,26). The minimum atomic E-state index is -0.185. The van der Waals surface area contributed by atoms with Crippen LogP contribution < -0.4 is 5.32 Å². The van der Waals surface area contributed by atoms with Crippen molar-refractivity contribution in [2.24, 2.45) is 0 Å². The average molecular weight is 372 g/mol. The number of likely N-dealkylation sites (tertiary alicyclic amines) is 1. The van der Waals surface area contributed by atoms with Gasteiger partial charge < -0.3 is 24.4 Å². The van der Waals surface area contributed by atoms with Gasteiger partial charge in [-0.05, 0) is 39.1 Å². The Morgan fingerprint density at radius 3 is 2.74 bits per heavy atom. The zero-order valence-electron chi connectivity index (χ0n) is 16.5. The summed E-state index contributed by atoms with van der Waals surface area (Å²) in [4.78, 5) is 35.4. The Kier molecular flexibility index (Phi) is 5.65. The van der Waals surface area contributed by atoms with Crippen LogP contribution in [0, 0.1) is 0 Å². The van der Waals surface area contributed by atoms with Crippen LogP contribution in [0.25, 0.3) is 5.52 Å². The number of pyridine rings is 1. The average Bonchev–Trinajstić information content (AvgIpc) is 3.25. The highest BCUT2D eigenvalue weighted by Crippen LogP contribution is 2.33. The normalized spacial score (nSPS) is 16.9. The SMILES string of the molecule is CN(C)CCNC(=O)c1nc(C2CCCN2C(=O)N(C)C)n2ccccc12. The highest BCUT2D eigenvalue weighted by atomic mass is 16.2. The van der Waals surface area contributed by atoms with Crippen molar-refractivity contribution in [2.75, 3.05) is 47.8 Å². The molecule has 1 N–H and O–H groups in total. The van der Waals surface area contributed by atoms with Gasteiger partial charge in [-0.2, -0.15) is 0 Å². The quantitative estimate of drug-likeness (QED) is 0.862. The fraction of sp³-hybridized carbons (Fsp3) is 0.526. The summed E-state index contributed by atoms with van der Waals surface area (Å²) in [6.45, 7) is 2.02. The number of carbonyl (C=O) groups excluding carboxylic acids is 2. The highest BCUT2D eigenvalue weighted by molar-refractivity contribution is 5.99. The van der Waals surface area contributed by atoms with Crippen molar-refractivity contribution < 1.29 is 9.59 Å². The number of urea groups is 1. The molecule has 1 fully saturated rings. The molecule has 1 atom stereocenters. The molecular formula is C19H28N6O2. The van der Waals surface area contributed by atoms with Gasteiger partial charge in [0.2, 0.25) is 0 Å². The Morgan fingerprint density at radius 2 is 2.04 bits per heavy atom. The minimum absolute atomic E-state index is 0.0258. The Morgan fingerprint density at radius 1 is 1.26 bits per heavy atom. The van der Waals surface area contributed by atoms with E-state index in [2.05, 4.69) is 10.3 Å². The number of likely N-dealkylation sites (N-methyl/N-ethyl adjacent to an activating group) is 1. The zero-order valence-corrected chi connectivity index (χ0v) is 16.5. The predicted molar refractivity (Wildman–Crippen MR) is 104 cm³/mol. The minimum Gasteiger partial charge on any atom is -0.349 e. The molecule has 0 radical (unpaired) electrons. The van der Waals surface area contributed by atoms with Crippen LogP contribution in [-0.2, 0) is 0 Å². The summed E-state index contributed by atoms with van der Waals surface area (Å²) in [5.41, 5.74) is 1.17. The largest absolute Gasteiger partial charge is 0.349 e. The van der Waals surface area contributed by atoms with Gasteiger partial charge in [0.1, 0.15) is 5.82 Å². The lowest BCUT2D eigenvalue weighted by Gasteiger charge is -2.27. The number of nitrogens with one attached hydrogen (secondary N) is 1. The van der Waals surface area contributed by atoms with Crippen LogP contribution >= 0.6 is 0 Å². The van der Waals surface area contributed by atoms with Crippen molar-refractivity contribution in [1.29, 1.82) is 0 Å². The summed E-state index contributed by atoms with van der Waals surface area (Å²) < 4.78 is 1.94. The van der Waals surface area contributed by atoms with E-state index in [1.165, 1.54) is 0 Å². The van der Waals surface area contributed by atoms with Crippen molar-refractivity contribution >= 4 is 17.5 Å². The van der Waals surface area contributed by atoms with Crippen molar-refractivity contribution in [2.45, 2.75) is 18.9 Å². The number of carbonyl (C=O) groups is 2. The number of nitrogens with zero attached hydrogens (tertiary/aromatic N) is 5. The summed E-state index contributed by atoms with van der Waals surface area (Å²) in [5.74, 6) is 0.561. The third kappa shape index (κ3) is 3.90.